The smallest absolute Gasteiger partial charge is 0.286 e. The Bertz CT molecular complexity index is 1030. The summed E-state index contributed by atoms with van der Waals surface area (Å²) in [7, 11) is 0. The molecule has 4 atom stereocenters. The Morgan fingerprint density at radius 3 is 2.46 bits per heavy atom. The van der Waals surface area contributed by atoms with Gasteiger partial charge in [-0.2, -0.15) is 0 Å². The van der Waals surface area contributed by atoms with Crippen LogP contribution >= 0.6 is 24.0 Å². The molecule has 3 unspecified atom stereocenters. The molecule has 3 fully saturated rings. The lowest BCUT2D eigenvalue weighted by Gasteiger charge is -2.41. The highest BCUT2D eigenvalue weighted by Gasteiger charge is 2.55. The average molecular weight is 587 g/mol. The van der Waals surface area contributed by atoms with Gasteiger partial charge in [0.2, 0.25) is 11.8 Å². The Hall–Kier alpha value is -2.14. The molecule has 3 aliphatic rings. The summed E-state index contributed by atoms with van der Waals surface area (Å²) in [6.07, 6.45) is 5.93. The zero-order valence-electron chi connectivity index (χ0n) is 22.8. The number of aliphatic hydroxyl groups excluding tert-OH is 1. The first-order chi connectivity index (χ1) is 17.9. The molecular weight excluding hydrogens is 545 g/mol. The number of nitrogens with one attached hydrogen (secondary N) is 2. The molecule has 1 aliphatic heterocycles. The molecule has 10 nitrogen and oxygen atoms in total. The van der Waals surface area contributed by atoms with Crippen LogP contribution in [0.5, 0.6) is 5.88 Å². The van der Waals surface area contributed by atoms with E-state index in [1.165, 1.54) is 17.2 Å². The van der Waals surface area contributed by atoms with Crippen LogP contribution in [0.2, 0.25) is 5.02 Å². The van der Waals surface area contributed by atoms with E-state index in [1.54, 1.807) is 6.07 Å². The molecule has 5 N–H and O–H groups in total. The highest BCUT2D eigenvalue weighted by Crippen LogP contribution is 2.36. The van der Waals surface area contributed by atoms with Crippen LogP contribution in [0.25, 0.3) is 0 Å². The van der Waals surface area contributed by atoms with Crippen molar-refractivity contribution in [1.82, 2.24) is 20.5 Å². The van der Waals surface area contributed by atoms with E-state index in [9.17, 15) is 19.5 Å². The molecule has 0 aromatic carbocycles. The fourth-order valence-corrected chi connectivity index (χ4v) is 5.05. The quantitative estimate of drug-likeness (QED) is 0.330. The van der Waals surface area contributed by atoms with E-state index in [1.807, 2.05) is 20.8 Å². The number of hydrogen-bond donors (Lipinski definition) is 4. The first kappa shape index (κ1) is 31.4. The maximum Gasteiger partial charge on any atom is 0.286 e. The van der Waals surface area contributed by atoms with Crippen LogP contribution in [0, 0.1) is 11.3 Å². The number of halogens is 2. The van der Waals surface area contributed by atoms with Gasteiger partial charge in [-0.25, -0.2) is 4.98 Å². The molecule has 2 aliphatic carbocycles. The van der Waals surface area contributed by atoms with E-state index in [0.29, 0.717) is 23.8 Å². The predicted octanol–water partition coefficient (Wildman–Crippen LogP) is 2.54. The third-order valence-corrected chi connectivity index (χ3v) is 8.05. The Morgan fingerprint density at radius 1 is 1.23 bits per heavy atom. The van der Waals surface area contributed by atoms with Crippen molar-refractivity contribution in [3.63, 3.8) is 0 Å². The fraction of sp³-hybridized carbons (Fsp3) is 0.704. The minimum Gasteiger partial charge on any atom is -0.441 e. The summed E-state index contributed by atoms with van der Waals surface area (Å²) in [4.78, 5) is 46.1. The number of ether oxygens (including phenoxy) is 1. The third kappa shape index (κ3) is 7.34. The van der Waals surface area contributed by atoms with Crippen molar-refractivity contribution in [3.05, 3.63) is 23.4 Å². The number of nitrogens with two attached hydrogens (primary N) is 1. The summed E-state index contributed by atoms with van der Waals surface area (Å²) < 4.78 is 6.22. The second-order valence-electron chi connectivity index (χ2n) is 12.0. The maximum atomic E-state index is 14.1. The predicted molar refractivity (Wildman–Crippen MR) is 149 cm³/mol. The molecule has 0 spiro atoms. The van der Waals surface area contributed by atoms with Gasteiger partial charge in [-0.05, 0) is 43.1 Å². The number of carbonyl (C=O) groups excluding carboxylic acids is 3. The molecular formula is C27H41Cl2N5O5. The normalized spacial score (nSPS) is 23.6. The number of hydrogen-bond acceptors (Lipinski definition) is 7. The summed E-state index contributed by atoms with van der Waals surface area (Å²) in [5.74, 6) is -1.10. The number of pyridine rings is 1. The number of aromatic nitrogens is 1. The highest BCUT2D eigenvalue weighted by atomic mass is 35.5. The van der Waals surface area contributed by atoms with Gasteiger partial charge in [-0.1, -0.05) is 51.6 Å². The minimum absolute atomic E-state index is 0. The molecule has 218 valence electrons. The van der Waals surface area contributed by atoms with Gasteiger partial charge in [0, 0.05) is 31.3 Å². The van der Waals surface area contributed by atoms with Crippen molar-refractivity contribution >= 4 is 41.7 Å². The Morgan fingerprint density at radius 2 is 1.92 bits per heavy atom. The van der Waals surface area contributed by atoms with Crippen LogP contribution in [0.3, 0.4) is 0 Å². The van der Waals surface area contributed by atoms with E-state index in [-0.39, 0.29) is 37.3 Å². The molecule has 0 bridgehead atoms. The van der Waals surface area contributed by atoms with Crippen LogP contribution in [-0.4, -0.2) is 69.2 Å². The van der Waals surface area contributed by atoms with Gasteiger partial charge in [0.15, 0.2) is 6.10 Å². The van der Waals surface area contributed by atoms with Crippen molar-refractivity contribution in [2.75, 3.05) is 6.54 Å². The van der Waals surface area contributed by atoms with Crippen LogP contribution in [0.4, 0.5) is 0 Å². The van der Waals surface area contributed by atoms with Crippen LogP contribution in [0.1, 0.15) is 72.1 Å². The Balaban J connectivity index is 0.00000420. The van der Waals surface area contributed by atoms with Crippen molar-refractivity contribution < 1.29 is 24.2 Å². The third-order valence-electron chi connectivity index (χ3n) is 7.83. The molecule has 0 radical (unpaired) electrons. The van der Waals surface area contributed by atoms with Crippen LogP contribution in [-0.2, 0) is 14.4 Å². The van der Waals surface area contributed by atoms with Gasteiger partial charge in [0.25, 0.3) is 17.5 Å². The molecule has 2 heterocycles. The van der Waals surface area contributed by atoms with Gasteiger partial charge in [0.1, 0.15) is 0 Å². The maximum absolute atomic E-state index is 14.1. The Kier molecular flexibility index (Phi) is 10.1. The fourth-order valence-electron chi connectivity index (χ4n) is 4.94. The zero-order valence-corrected chi connectivity index (χ0v) is 24.4. The first-order valence-electron chi connectivity index (χ1n) is 13.6. The summed E-state index contributed by atoms with van der Waals surface area (Å²) in [6, 6.07) is 1.48. The second-order valence-corrected chi connectivity index (χ2v) is 12.4. The van der Waals surface area contributed by atoms with Crippen molar-refractivity contribution in [2.45, 2.75) is 102 Å². The van der Waals surface area contributed by atoms with Gasteiger partial charge >= 0.3 is 0 Å². The van der Waals surface area contributed by atoms with Crippen molar-refractivity contribution in [3.8, 4) is 5.88 Å². The minimum atomic E-state index is -1.74. The van der Waals surface area contributed by atoms with E-state index < -0.39 is 47.0 Å². The number of nitrogens with zero attached hydrogens (tertiary/aromatic N) is 2. The summed E-state index contributed by atoms with van der Waals surface area (Å²) in [5, 5.41) is 17.1. The SMILES string of the molecule is CC(C)(C)[C@H](N)C(=O)N1CCCC1(Oc1ccc(Cl)cn1)C(=O)NC(CC1CCC1)C(O)C(=O)NC1CC1.Cl. The summed E-state index contributed by atoms with van der Waals surface area (Å²) in [6.45, 7) is 5.84. The molecule has 2 saturated carbocycles. The van der Waals surface area contributed by atoms with Crippen LogP contribution < -0.4 is 21.1 Å². The van der Waals surface area contributed by atoms with Gasteiger partial charge in [-0.3, -0.25) is 19.3 Å². The van der Waals surface area contributed by atoms with Crippen molar-refractivity contribution in [1.29, 1.82) is 0 Å². The number of rotatable bonds is 10. The summed E-state index contributed by atoms with van der Waals surface area (Å²) in [5.41, 5.74) is 4.04. The van der Waals surface area contributed by atoms with E-state index in [0.717, 1.165) is 32.1 Å². The lowest BCUT2D eigenvalue weighted by molar-refractivity contribution is -0.167. The topological polar surface area (TPSA) is 147 Å². The van der Waals surface area contributed by atoms with Gasteiger partial charge < -0.3 is 26.2 Å². The van der Waals surface area contributed by atoms with Gasteiger partial charge in [0.05, 0.1) is 17.1 Å². The number of carbonyl (C=O) groups is 3. The molecule has 12 heteroatoms. The number of aliphatic hydroxyl groups is 1. The summed E-state index contributed by atoms with van der Waals surface area (Å²) >= 11 is 5.99. The molecule has 1 saturated heterocycles. The molecule has 1 aromatic rings. The van der Waals surface area contributed by atoms with Crippen molar-refractivity contribution in [2.24, 2.45) is 17.1 Å². The highest BCUT2D eigenvalue weighted by molar-refractivity contribution is 6.30. The van der Waals surface area contributed by atoms with E-state index >= 15 is 0 Å². The monoisotopic (exact) mass is 585 g/mol. The number of amides is 3. The lowest BCUT2D eigenvalue weighted by Crippen LogP contribution is -2.67. The van der Waals surface area contributed by atoms with Crippen LogP contribution in [0.15, 0.2) is 18.3 Å². The lowest BCUT2D eigenvalue weighted by atomic mass is 9.79. The standard InChI is InChI=1S/C27H40ClN5O5.ClH/c1-26(2,3)22(29)24(36)33-13-5-12-27(33,38-20-11-8-17(28)15-30-20)25(37)32-19(14-16-6-4-7-16)21(34)23(35)31-18-9-10-18;/h8,11,15-16,18-19,21-22,34H,4-7,9-10,12-14,29H2,1-3H3,(H,31,35)(H,32,37);1H/t19?,21?,22-,27?;/m1./s1. The van der Waals surface area contributed by atoms with Gasteiger partial charge in [-0.15, -0.1) is 12.4 Å². The van der Waals surface area contributed by atoms with E-state index in [4.69, 9.17) is 22.1 Å². The molecule has 3 amide bonds. The number of likely N-dealkylation sites (tertiary alicyclic amines) is 1. The largest absolute Gasteiger partial charge is 0.441 e. The first-order valence-corrected chi connectivity index (χ1v) is 14.0. The van der Waals surface area contributed by atoms with E-state index in [2.05, 4.69) is 15.6 Å². The molecule has 4 rings (SSSR count). The molecule has 1 aromatic heterocycles. The second kappa shape index (κ2) is 12.6. The zero-order chi connectivity index (χ0) is 27.7. The average Bonchev–Trinajstić information content (AvgIpc) is 3.55. The Labute approximate surface area is 241 Å². The molecule has 39 heavy (non-hydrogen) atoms.